The maximum Gasteiger partial charge on any atom is 0.277 e. The number of thioether (sulfide) groups is 1. The molecule has 5 rings (SSSR count). The molecule has 0 aliphatic rings. The first-order valence-corrected chi connectivity index (χ1v) is 14.6. The maximum atomic E-state index is 12.4. The Morgan fingerprint density at radius 2 is 1.80 bits per heavy atom. The highest BCUT2D eigenvalue weighted by atomic mass is 35.5. The molecule has 0 saturated heterocycles. The van der Waals surface area contributed by atoms with Gasteiger partial charge in [-0.05, 0) is 48.9 Å². The minimum atomic E-state index is -0.329. The monoisotopic (exact) mass is 647 g/mol. The zero-order chi connectivity index (χ0) is 28.9. The van der Waals surface area contributed by atoms with Crippen LogP contribution in [0.25, 0.3) is 10.9 Å². The fourth-order valence-corrected chi connectivity index (χ4v) is 5.56. The van der Waals surface area contributed by atoms with Crippen molar-refractivity contribution in [2.75, 3.05) is 5.75 Å². The van der Waals surface area contributed by atoms with Crippen molar-refractivity contribution < 1.29 is 13.9 Å². The summed E-state index contributed by atoms with van der Waals surface area (Å²) in [7, 11) is 0. The van der Waals surface area contributed by atoms with E-state index in [4.69, 9.17) is 55.6 Å². The van der Waals surface area contributed by atoms with Gasteiger partial charge in [0.2, 0.25) is 0 Å². The van der Waals surface area contributed by atoms with Gasteiger partial charge in [-0.15, -0.1) is 10.2 Å². The summed E-state index contributed by atoms with van der Waals surface area (Å²) in [5, 5.41) is 15.3. The van der Waals surface area contributed by atoms with E-state index in [0.29, 0.717) is 32.4 Å². The number of benzene rings is 3. The molecular formula is C28H21Cl4N5O3S. The molecule has 0 spiro atoms. The Morgan fingerprint density at radius 3 is 2.59 bits per heavy atom. The number of rotatable bonds is 10. The van der Waals surface area contributed by atoms with Gasteiger partial charge in [0, 0.05) is 43.8 Å². The van der Waals surface area contributed by atoms with Crippen molar-refractivity contribution in [3.05, 3.63) is 103 Å². The van der Waals surface area contributed by atoms with Crippen LogP contribution < -0.4 is 10.2 Å². The quantitative estimate of drug-likeness (QED) is 0.0943. The van der Waals surface area contributed by atoms with Crippen LogP contribution in [0.2, 0.25) is 20.1 Å². The fourth-order valence-electron chi connectivity index (χ4n) is 4.06. The Hall–Kier alpha value is -3.21. The summed E-state index contributed by atoms with van der Waals surface area (Å²) in [6, 6.07) is 18.3. The zero-order valence-electron chi connectivity index (χ0n) is 21.4. The third kappa shape index (κ3) is 7.17. The number of nitrogens with zero attached hydrogens (tertiary/aromatic N) is 4. The molecule has 3 aromatic carbocycles. The number of hydrogen-bond donors (Lipinski definition) is 1. The lowest BCUT2D eigenvalue weighted by atomic mass is 10.1. The van der Waals surface area contributed by atoms with Gasteiger partial charge in [-0.1, -0.05) is 82.4 Å². The molecule has 1 N–H and O–H groups in total. The van der Waals surface area contributed by atoms with Crippen LogP contribution in [0.4, 0.5) is 0 Å². The second-order valence-electron chi connectivity index (χ2n) is 8.75. The number of halogens is 4. The number of carbonyl (C=O) groups excluding carboxylic acids is 1. The minimum absolute atomic E-state index is 0.0164. The minimum Gasteiger partial charge on any atom is -0.482 e. The lowest BCUT2D eigenvalue weighted by Crippen LogP contribution is -2.19. The molecule has 0 unspecified atom stereocenters. The standard InChI is InChI=1S/C28H21Cl4N5O3S/c1-16-21(20-4-2-3-5-24(20)37(16)13-17-6-7-18(29)10-22(17)31)12-33-34-26(38)15-41-28-36-35-27(40-28)14-39-25-9-8-19(30)11-23(25)32/h2-12H,13-15H2,1H3,(H,34,38)/b33-12-. The van der Waals surface area contributed by atoms with Crippen molar-refractivity contribution in [3.8, 4) is 5.75 Å². The third-order valence-corrected chi connectivity index (χ3v) is 7.96. The molecule has 0 saturated carbocycles. The Bertz CT molecular complexity index is 1750. The van der Waals surface area contributed by atoms with Crippen molar-refractivity contribution in [2.45, 2.75) is 25.3 Å². The first kappa shape index (κ1) is 29.3. The number of fused-ring (bicyclic) bond motifs is 1. The van der Waals surface area contributed by atoms with E-state index in [0.717, 1.165) is 39.5 Å². The normalized spacial score (nSPS) is 11.4. The average molecular weight is 649 g/mol. The molecule has 13 heteroatoms. The Balaban J connectivity index is 1.18. The number of nitrogens with one attached hydrogen (secondary N) is 1. The molecule has 0 radical (unpaired) electrons. The summed E-state index contributed by atoms with van der Waals surface area (Å²) in [4.78, 5) is 12.4. The number of ether oxygens (including phenoxy) is 1. The second-order valence-corrected chi connectivity index (χ2v) is 11.4. The molecule has 0 bridgehead atoms. The summed E-state index contributed by atoms with van der Waals surface area (Å²) < 4.78 is 13.3. The topological polar surface area (TPSA) is 94.5 Å². The van der Waals surface area contributed by atoms with Crippen LogP contribution in [0.15, 0.2) is 75.4 Å². The van der Waals surface area contributed by atoms with E-state index >= 15 is 0 Å². The van der Waals surface area contributed by atoms with E-state index < -0.39 is 0 Å². The van der Waals surface area contributed by atoms with Crippen LogP contribution in [-0.4, -0.2) is 32.6 Å². The van der Waals surface area contributed by atoms with Gasteiger partial charge in [-0.3, -0.25) is 4.79 Å². The highest BCUT2D eigenvalue weighted by Crippen LogP contribution is 2.29. The van der Waals surface area contributed by atoms with E-state index in [-0.39, 0.29) is 29.4 Å². The first-order valence-electron chi connectivity index (χ1n) is 12.1. The summed E-state index contributed by atoms with van der Waals surface area (Å²) >= 11 is 25.6. The van der Waals surface area contributed by atoms with Gasteiger partial charge < -0.3 is 13.7 Å². The average Bonchev–Trinajstić information content (AvgIpc) is 3.51. The Morgan fingerprint density at radius 1 is 1.05 bits per heavy atom. The SMILES string of the molecule is Cc1c(/C=N\NC(=O)CSc2nnc(COc3ccc(Cl)cc3Cl)o2)c2ccccc2n1Cc1ccc(Cl)cc1Cl. The van der Waals surface area contributed by atoms with Crippen LogP contribution >= 0.6 is 58.2 Å². The molecule has 0 atom stereocenters. The summed E-state index contributed by atoms with van der Waals surface area (Å²) in [5.74, 6) is 0.375. The number of amides is 1. The van der Waals surface area contributed by atoms with E-state index in [9.17, 15) is 4.79 Å². The lowest BCUT2D eigenvalue weighted by molar-refractivity contribution is -0.118. The summed E-state index contributed by atoms with van der Waals surface area (Å²) in [5.41, 5.74) is 6.39. The van der Waals surface area contributed by atoms with Crippen molar-refractivity contribution in [1.29, 1.82) is 0 Å². The molecule has 2 aromatic heterocycles. The van der Waals surface area contributed by atoms with Gasteiger partial charge >= 0.3 is 0 Å². The van der Waals surface area contributed by atoms with Gasteiger partial charge in [0.1, 0.15) is 5.75 Å². The largest absolute Gasteiger partial charge is 0.482 e. The Labute approximate surface area is 259 Å². The summed E-state index contributed by atoms with van der Waals surface area (Å²) in [6.45, 7) is 2.58. The van der Waals surface area contributed by atoms with Gasteiger partial charge in [0.25, 0.3) is 17.0 Å². The third-order valence-electron chi connectivity index (χ3n) is 6.03. The van der Waals surface area contributed by atoms with Gasteiger partial charge in [-0.25, -0.2) is 5.43 Å². The highest BCUT2D eigenvalue weighted by Gasteiger charge is 2.15. The number of hydrazone groups is 1. The fraction of sp³-hybridized carbons (Fsp3) is 0.143. The predicted octanol–water partition coefficient (Wildman–Crippen LogP) is 7.82. The van der Waals surface area contributed by atoms with Crippen LogP contribution in [0.5, 0.6) is 5.75 Å². The number of carbonyl (C=O) groups is 1. The highest BCUT2D eigenvalue weighted by molar-refractivity contribution is 7.99. The van der Waals surface area contributed by atoms with Crippen molar-refractivity contribution in [1.82, 2.24) is 20.2 Å². The molecule has 8 nitrogen and oxygen atoms in total. The van der Waals surface area contributed by atoms with E-state index in [1.807, 2.05) is 43.3 Å². The lowest BCUT2D eigenvalue weighted by Gasteiger charge is -2.10. The van der Waals surface area contributed by atoms with Crippen LogP contribution in [0.1, 0.15) is 22.7 Å². The van der Waals surface area contributed by atoms with E-state index in [2.05, 4.69) is 25.3 Å². The number of para-hydroxylation sites is 1. The van der Waals surface area contributed by atoms with Crippen molar-refractivity contribution in [2.24, 2.45) is 5.10 Å². The van der Waals surface area contributed by atoms with Gasteiger partial charge in [0.15, 0.2) is 6.61 Å². The Kier molecular flexibility index (Phi) is 9.42. The molecule has 41 heavy (non-hydrogen) atoms. The molecule has 1 amide bonds. The molecular weight excluding hydrogens is 628 g/mol. The summed E-state index contributed by atoms with van der Waals surface area (Å²) in [6.07, 6.45) is 1.64. The second kappa shape index (κ2) is 13.2. The maximum absolute atomic E-state index is 12.4. The molecule has 0 fully saturated rings. The van der Waals surface area contributed by atoms with Crippen molar-refractivity contribution in [3.63, 3.8) is 0 Å². The van der Waals surface area contributed by atoms with Gasteiger partial charge in [0.05, 0.1) is 17.0 Å². The molecule has 0 aliphatic heterocycles. The van der Waals surface area contributed by atoms with Gasteiger partial charge in [-0.2, -0.15) is 5.10 Å². The van der Waals surface area contributed by atoms with E-state index in [1.165, 1.54) is 0 Å². The zero-order valence-corrected chi connectivity index (χ0v) is 25.2. The van der Waals surface area contributed by atoms with Crippen LogP contribution in [-0.2, 0) is 17.9 Å². The number of hydrogen-bond acceptors (Lipinski definition) is 7. The van der Waals surface area contributed by atoms with Crippen LogP contribution in [0.3, 0.4) is 0 Å². The van der Waals surface area contributed by atoms with Crippen molar-refractivity contribution >= 4 is 81.2 Å². The molecule has 0 aliphatic carbocycles. The molecule has 2 heterocycles. The van der Waals surface area contributed by atoms with Crippen LogP contribution in [0, 0.1) is 6.92 Å². The molecule has 5 aromatic rings. The van der Waals surface area contributed by atoms with E-state index in [1.54, 1.807) is 30.5 Å². The molecule has 210 valence electrons. The first-order chi connectivity index (χ1) is 19.8. The smallest absolute Gasteiger partial charge is 0.277 e. The number of aromatic nitrogens is 3. The predicted molar refractivity (Wildman–Crippen MR) is 164 cm³/mol.